The molecule has 0 radical (unpaired) electrons. The Morgan fingerprint density at radius 1 is 0.765 bits per heavy atom. The lowest BCUT2D eigenvalue weighted by Gasteiger charge is -2.07. The molecule has 1 aliphatic carbocycles. The minimum absolute atomic E-state index is 0.872. The van der Waals surface area contributed by atoms with Crippen molar-refractivity contribution in [3.63, 3.8) is 0 Å². The third-order valence-electron chi connectivity index (χ3n) is 6.17. The van der Waals surface area contributed by atoms with E-state index < -0.39 is 0 Å². The van der Waals surface area contributed by atoms with Gasteiger partial charge >= 0.3 is 0 Å². The van der Waals surface area contributed by atoms with Crippen molar-refractivity contribution in [3.05, 3.63) is 119 Å². The lowest BCUT2D eigenvalue weighted by Crippen LogP contribution is -1.85. The number of aryl methyl sites for hydroxylation is 1. The Morgan fingerprint density at radius 2 is 1.53 bits per heavy atom. The van der Waals surface area contributed by atoms with Crippen LogP contribution in [0.15, 0.2) is 99.4 Å². The number of para-hydroxylation sites is 1. The van der Waals surface area contributed by atoms with Gasteiger partial charge in [0.15, 0.2) is 0 Å². The second-order valence-electron chi connectivity index (χ2n) is 8.50. The lowest BCUT2D eigenvalue weighted by molar-refractivity contribution is 0.524. The molecule has 0 saturated heterocycles. The molecule has 0 fully saturated rings. The maximum absolute atomic E-state index is 6.08. The van der Waals surface area contributed by atoms with E-state index in [1.54, 1.807) is 0 Å². The summed E-state index contributed by atoms with van der Waals surface area (Å²) in [5.74, 6) is 1.80. The molecular weight excluding hydrogens is 416 g/mol. The zero-order valence-corrected chi connectivity index (χ0v) is 19.8. The van der Waals surface area contributed by atoms with Gasteiger partial charge in [-0.3, -0.25) is 0 Å². The number of fused-ring (bicyclic) bond motifs is 4. The standard InChI is InChI=1S/C32H28O2/c1-4-5-13-26-23(3)33-30-17-10-8-14-25(22(2)12-6-7-15-27(26)30)24-19-20-32-29(21-24)28-16-9-11-18-31(28)34-32/h5-21H,4H2,1-3H3/b7-6?,10-8?,12-6+,13-5-,14-8-,15-7+,17-10-,22-12?,25-14?,25-22+,27-15?,30-17?. The first-order valence-corrected chi connectivity index (χ1v) is 11.8. The molecule has 2 heterocycles. The monoisotopic (exact) mass is 444 g/mol. The maximum Gasteiger partial charge on any atom is 0.135 e. The highest BCUT2D eigenvalue weighted by atomic mass is 16.3. The van der Waals surface area contributed by atoms with Crippen molar-refractivity contribution < 1.29 is 8.83 Å². The molecule has 0 spiro atoms. The van der Waals surface area contributed by atoms with E-state index in [1.165, 1.54) is 11.1 Å². The second kappa shape index (κ2) is 9.44. The Morgan fingerprint density at radius 3 is 2.41 bits per heavy atom. The van der Waals surface area contributed by atoms with Gasteiger partial charge in [0.25, 0.3) is 0 Å². The highest BCUT2D eigenvalue weighted by molar-refractivity contribution is 6.06. The second-order valence-corrected chi connectivity index (χ2v) is 8.50. The van der Waals surface area contributed by atoms with Crippen LogP contribution in [0.25, 0.3) is 45.7 Å². The number of hydrogen-bond donors (Lipinski definition) is 0. The van der Waals surface area contributed by atoms with Crippen molar-refractivity contribution in [2.45, 2.75) is 27.2 Å². The number of hydrogen-bond acceptors (Lipinski definition) is 2. The first kappa shape index (κ1) is 21.8. The lowest BCUT2D eigenvalue weighted by atomic mass is 9.97. The van der Waals surface area contributed by atoms with Gasteiger partial charge in [0.1, 0.15) is 22.7 Å². The van der Waals surface area contributed by atoms with Gasteiger partial charge in [-0.1, -0.05) is 85.9 Å². The molecule has 34 heavy (non-hydrogen) atoms. The van der Waals surface area contributed by atoms with Gasteiger partial charge in [0, 0.05) is 21.9 Å². The zero-order valence-electron chi connectivity index (χ0n) is 19.8. The van der Waals surface area contributed by atoms with E-state index >= 15 is 0 Å². The summed E-state index contributed by atoms with van der Waals surface area (Å²) in [4.78, 5) is 0. The van der Waals surface area contributed by atoms with Crippen LogP contribution >= 0.6 is 0 Å². The largest absolute Gasteiger partial charge is 0.461 e. The van der Waals surface area contributed by atoms with E-state index in [0.29, 0.717) is 0 Å². The number of furan rings is 2. The van der Waals surface area contributed by atoms with Crippen molar-refractivity contribution in [1.29, 1.82) is 0 Å². The van der Waals surface area contributed by atoms with Gasteiger partial charge in [0.2, 0.25) is 0 Å². The SMILES string of the molecule is CC/C=C\c1c(C)oc2c1/C=C/C=C/C(C)=C(c1ccc3oc4ccccc4c3c1)\C=C/C=C\2. The Kier molecular flexibility index (Phi) is 6.05. The molecule has 0 N–H and O–H groups in total. The predicted octanol–water partition coefficient (Wildman–Crippen LogP) is 9.54. The van der Waals surface area contributed by atoms with E-state index in [2.05, 4.69) is 92.8 Å². The molecule has 0 atom stereocenters. The first-order valence-electron chi connectivity index (χ1n) is 11.8. The average molecular weight is 445 g/mol. The first-order chi connectivity index (χ1) is 16.7. The van der Waals surface area contributed by atoms with Crippen LogP contribution in [0.5, 0.6) is 0 Å². The Labute approximate surface area is 200 Å². The van der Waals surface area contributed by atoms with Crippen molar-refractivity contribution in [2.24, 2.45) is 0 Å². The predicted molar refractivity (Wildman–Crippen MR) is 145 cm³/mol. The van der Waals surface area contributed by atoms with E-state index in [4.69, 9.17) is 8.83 Å². The molecule has 0 bridgehead atoms. The number of benzene rings is 2. The molecular formula is C32H28O2. The minimum Gasteiger partial charge on any atom is -0.461 e. The summed E-state index contributed by atoms with van der Waals surface area (Å²) in [5.41, 5.74) is 7.60. The molecule has 5 rings (SSSR count). The van der Waals surface area contributed by atoms with Crippen LogP contribution < -0.4 is 0 Å². The fourth-order valence-electron chi connectivity index (χ4n) is 4.42. The Bertz CT molecular complexity index is 1540. The summed E-state index contributed by atoms with van der Waals surface area (Å²) in [6, 6.07) is 14.6. The third kappa shape index (κ3) is 4.15. The minimum atomic E-state index is 0.872. The van der Waals surface area contributed by atoms with Gasteiger partial charge in [-0.05, 0) is 61.3 Å². The zero-order chi connectivity index (χ0) is 23.5. The van der Waals surface area contributed by atoms with Crippen LogP contribution in [-0.4, -0.2) is 0 Å². The van der Waals surface area contributed by atoms with Crippen LogP contribution in [0, 0.1) is 6.92 Å². The molecule has 0 saturated carbocycles. The van der Waals surface area contributed by atoms with Crippen LogP contribution in [0.2, 0.25) is 0 Å². The van der Waals surface area contributed by atoms with Crippen LogP contribution in [0.1, 0.15) is 48.5 Å². The van der Waals surface area contributed by atoms with Crippen LogP contribution in [-0.2, 0) is 0 Å². The topological polar surface area (TPSA) is 26.3 Å². The summed E-state index contributed by atoms with van der Waals surface area (Å²) >= 11 is 0. The normalized spacial score (nSPS) is 20.2. The summed E-state index contributed by atoms with van der Waals surface area (Å²) in [5, 5.41) is 2.28. The fraction of sp³-hybridized carbons (Fsp3) is 0.125. The van der Waals surface area contributed by atoms with Crippen LogP contribution in [0.4, 0.5) is 0 Å². The average Bonchev–Trinajstić information content (AvgIpc) is 3.36. The fourth-order valence-corrected chi connectivity index (χ4v) is 4.42. The number of allylic oxidation sites excluding steroid dienone is 9. The highest BCUT2D eigenvalue weighted by Crippen LogP contribution is 2.33. The van der Waals surface area contributed by atoms with E-state index in [0.717, 1.165) is 56.6 Å². The molecule has 2 nitrogen and oxygen atoms in total. The molecule has 2 aromatic heterocycles. The smallest absolute Gasteiger partial charge is 0.135 e. The van der Waals surface area contributed by atoms with Crippen molar-refractivity contribution in [3.8, 4) is 0 Å². The Balaban J connectivity index is 1.57. The summed E-state index contributed by atoms with van der Waals surface area (Å²) in [6.45, 7) is 6.31. The maximum atomic E-state index is 6.08. The molecule has 4 aromatic rings. The molecule has 0 aliphatic heterocycles. The quantitative estimate of drug-likeness (QED) is 0.314. The van der Waals surface area contributed by atoms with Crippen LogP contribution in [0.3, 0.4) is 0 Å². The molecule has 1 aliphatic rings. The van der Waals surface area contributed by atoms with Crippen molar-refractivity contribution in [2.75, 3.05) is 0 Å². The third-order valence-corrected chi connectivity index (χ3v) is 6.17. The summed E-state index contributed by atoms with van der Waals surface area (Å²) in [7, 11) is 0. The summed E-state index contributed by atoms with van der Waals surface area (Å²) in [6.07, 6.45) is 22.1. The van der Waals surface area contributed by atoms with Crippen molar-refractivity contribution >= 4 is 45.7 Å². The van der Waals surface area contributed by atoms with Gasteiger partial charge in [-0.15, -0.1) is 0 Å². The molecule has 168 valence electrons. The van der Waals surface area contributed by atoms with E-state index in [1.807, 2.05) is 31.2 Å². The molecule has 0 amide bonds. The van der Waals surface area contributed by atoms with Gasteiger partial charge in [-0.25, -0.2) is 0 Å². The Hall–Kier alpha value is -4.04. The highest BCUT2D eigenvalue weighted by Gasteiger charge is 2.12. The molecule has 2 aromatic carbocycles. The molecule has 2 heteroatoms. The number of rotatable bonds is 3. The molecule has 0 unspecified atom stereocenters. The van der Waals surface area contributed by atoms with Gasteiger partial charge in [-0.2, -0.15) is 0 Å². The van der Waals surface area contributed by atoms with E-state index in [-0.39, 0.29) is 0 Å². The summed E-state index contributed by atoms with van der Waals surface area (Å²) < 4.78 is 12.1. The van der Waals surface area contributed by atoms with Crippen molar-refractivity contribution in [1.82, 2.24) is 0 Å². The van der Waals surface area contributed by atoms with Gasteiger partial charge in [0.05, 0.1) is 0 Å². The van der Waals surface area contributed by atoms with E-state index in [9.17, 15) is 0 Å². The van der Waals surface area contributed by atoms with Gasteiger partial charge < -0.3 is 8.83 Å².